The summed E-state index contributed by atoms with van der Waals surface area (Å²) in [5, 5.41) is -0.201. The number of sulfonamides is 1. The maximum absolute atomic E-state index is 11.5. The summed E-state index contributed by atoms with van der Waals surface area (Å²) in [5.74, 6) is 0.0586. The Morgan fingerprint density at radius 2 is 1.82 bits per heavy atom. The van der Waals surface area contributed by atoms with Crippen molar-refractivity contribution < 1.29 is 18.0 Å². The standard InChI is InChI=1S/C9H14N2O4S2/c1-17(14,15)10-4-2-7(3-5-10)11-8(12)6-16-9(11)13/h7H,2-6H2,1H3. The van der Waals surface area contributed by atoms with Gasteiger partial charge in [-0.05, 0) is 12.8 Å². The molecule has 0 aromatic heterocycles. The molecule has 2 aliphatic heterocycles. The molecule has 2 rings (SSSR count). The predicted octanol–water partition coefficient (Wildman–Crippen LogP) is 0.106. The van der Waals surface area contributed by atoms with E-state index in [9.17, 15) is 18.0 Å². The van der Waals surface area contributed by atoms with Crippen LogP contribution < -0.4 is 0 Å². The molecule has 0 N–H and O–H groups in total. The maximum atomic E-state index is 11.5. The fourth-order valence-corrected chi connectivity index (χ4v) is 3.80. The van der Waals surface area contributed by atoms with Crippen LogP contribution in [-0.2, 0) is 14.8 Å². The van der Waals surface area contributed by atoms with Crippen LogP contribution in [0.25, 0.3) is 0 Å². The first-order chi connectivity index (χ1) is 7.89. The Labute approximate surface area is 104 Å². The molecule has 0 aromatic rings. The Morgan fingerprint density at radius 1 is 1.24 bits per heavy atom. The van der Waals surface area contributed by atoms with Crippen molar-refractivity contribution in [2.75, 3.05) is 25.1 Å². The molecule has 17 heavy (non-hydrogen) atoms. The highest BCUT2D eigenvalue weighted by Gasteiger charge is 2.38. The maximum Gasteiger partial charge on any atom is 0.289 e. The van der Waals surface area contributed by atoms with Crippen molar-refractivity contribution in [1.82, 2.24) is 9.21 Å². The highest BCUT2D eigenvalue weighted by atomic mass is 32.2. The summed E-state index contributed by atoms with van der Waals surface area (Å²) < 4.78 is 24.0. The largest absolute Gasteiger partial charge is 0.289 e. The summed E-state index contributed by atoms with van der Waals surface area (Å²) in [7, 11) is -3.16. The summed E-state index contributed by atoms with van der Waals surface area (Å²) in [6.07, 6.45) is 2.24. The van der Waals surface area contributed by atoms with Crippen molar-refractivity contribution in [2.45, 2.75) is 18.9 Å². The Bertz CT molecular complexity index is 424. The van der Waals surface area contributed by atoms with Gasteiger partial charge < -0.3 is 0 Å². The van der Waals surface area contributed by atoms with Gasteiger partial charge in [0, 0.05) is 19.1 Å². The molecule has 2 amide bonds. The van der Waals surface area contributed by atoms with Gasteiger partial charge in [-0.1, -0.05) is 11.8 Å². The lowest BCUT2D eigenvalue weighted by molar-refractivity contribution is -0.126. The van der Waals surface area contributed by atoms with Gasteiger partial charge in [0.05, 0.1) is 12.0 Å². The number of piperidine rings is 1. The van der Waals surface area contributed by atoms with Gasteiger partial charge in [-0.15, -0.1) is 0 Å². The number of hydrogen-bond acceptors (Lipinski definition) is 5. The van der Waals surface area contributed by atoms with E-state index in [1.54, 1.807) is 0 Å². The predicted molar refractivity (Wildman–Crippen MR) is 64.1 cm³/mol. The van der Waals surface area contributed by atoms with Crippen LogP contribution in [0.4, 0.5) is 4.79 Å². The van der Waals surface area contributed by atoms with Crippen LogP contribution >= 0.6 is 11.8 Å². The number of rotatable bonds is 2. The first kappa shape index (κ1) is 12.8. The Balaban J connectivity index is 2.00. The molecule has 2 saturated heterocycles. The van der Waals surface area contributed by atoms with E-state index in [1.165, 1.54) is 15.5 Å². The molecule has 2 fully saturated rings. The second-order valence-corrected chi connectivity index (χ2v) is 7.12. The van der Waals surface area contributed by atoms with Crippen LogP contribution in [-0.4, -0.2) is 59.9 Å². The molecule has 0 saturated carbocycles. The molecule has 96 valence electrons. The summed E-state index contributed by atoms with van der Waals surface area (Å²) in [4.78, 5) is 24.3. The lowest BCUT2D eigenvalue weighted by atomic mass is 10.1. The molecule has 8 heteroatoms. The number of carbonyl (C=O) groups is 2. The van der Waals surface area contributed by atoms with E-state index in [-0.39, 0.29) is 22.9 Å². The van der Waals surface area contributed by atoms with E-state index in [0.717, 1.165) is 11.8 Å². The second-order valence-electron chi connectivity index (χ2n) is 4.21. The van der Waals surface area contributed by atoms with E-state index >= 15 is 0 Å². The minimum atomic E-state index is -3.16. The number of amides is 2. The van der Waals surface area contributed by atoms with E-state index in [2.05, 4.69) is 0 Å². The van der Waals surface area contributed by atoms with Crippen molar-refractivity contribution in [3.05, 3.63) is 0 Å². The fourth-order valence-electron chi connectivity index (χ4n) is 2.15. The van der Waals surface area contributed by atoms with Crippen LogP contribution in [0, 0.1) is 0 Å². The highest BCUT2D eigenvalue weighted by Crippen LogP contribution is 2.27. The van der Waals surface area contributed by atoms with Crippen molar-refractivity contribution >= 4 is 32.9 Å². The van der Waals surface area contributed by atoms with Gasteiger partial charge in [-0.2, -0.15) is 0 Å². The van der Waals surface area contributed by atoms with Gasteiger partial charge in [0.25, 0.3) is 5.24 Å². The average Bonchev–Trinajstić information content (AvgIpc) is 2.58. The number of thioether (sulfide) groups is 1. The zero-order chi connectivity index (χ0) is 12.6. The normalized spacial score (nSPS) is 24.6. The van der Waals surface area contributed by atoms with Gasteiger partial charge >= 0.3 is 0 Å². The number of nitrogens with zero attached hydrogens (tertiary/aromatic N) is 2. The van der Waals surface area contributed by atoms with Gasteiger partial charge in [-0.25, -0.2) is 12.7 Å². The molecule has 0 atom stereocenters. The third kappa shape index (κ3) is 2.63. The van der Waals surface area contributed by atoms with Crippen LogP contribution in [0.3, 0.4) is 0 Å². The summed E-state index contributed by atoms with van der Waals surface area (Å²) in [6.45, 7) is 0.760. The summed E-state index contributed by atoms with van der Waals surface area (Å²) in [5.41, 5.74) is 0. The minimum absolute atomic E-state index is 0.136. The van der Waals surface area contributed by atoms with Crippen LogP contribution in [0.2, 0.25) is 0 Å². The number of imide groups is 1. The van der Waals surface area contributed by atoms with Crippen LogP contribution in [0.15, 0.2) is 0 Å². The van der Waals surface area contributed by atoms with E-state index < -0.39 is 10.0 Å². The Kier molecular flexibility index (Phi) is 3.46. The highest BCUT2D eigenvalue weighted by molar-refractivity contribution is 8.14. The van der Waals surface area contributed by atoms with Gasteiger partial charge in [0.2, 0.25) is 15.9 Å². The molecule has 0 aliphatic carbocycles. The lowest BCUT2D eigenvalue weighted by Gasteiger charge is -2.34. The Hall–Kier alpha value is -0.600. The smallest absolute Gasteiger partial charge is 0.273 e. The van der Waals surface area contributed by atoms with Gasteiger partial charge in [0.15, 0.2) is 0 Å². The van der Waals surface area contributed by atoms with E-state index in [0.29, 0.717) is 25.9 Å². The minimum Gasteiger partial charge on any atom is -0.273 e. The van der Waals surface area contributed by atoms with Crippen LogP contribution in [0.5, 0.6) is 0 Å². The molecule has 2 aliphatic rings. The quantitative estimate of drug-likeness (QED) is 0.716. The molecule has 2 heterocycles. The monoisotopic (exact) mass is 278 g/mol. The number of carbonyl (C=O) groups excluding carboxylic acids is 2. The van der Waals surface area contributed by atoms with Crippen molar-refractivity contribution in [1.29, 1.82) is 0 Å². The first-order valence-electron chi connectivity index (χ1n) is 5.33. The molecular weight excluding hydrogens is 264 g/mol. The van der Waals surface area contributed by atoms with Gasteiger partial charge in [-0.3, -0.25) is 14.5 Å². The third-order valence-electron chi connectivity index (χ3n) is 3.04. The topological polar surface area (TPSA) is 74.8 Å². The van der Waals surface area contributed by atoms with Gasteiger partial charge in [0.1, 0.15) is 0 Å². The summed E-state index contributed by atoms with van der Waals surface area (Å²) in [6, 6.07) is -0.136. The molecule has 0 spiro atoms. The Morgan fingerprint density at radius 3 is 2.24 bits per heavy atom. The zero-order valence-corrected chi connectivity index (χ0v) is 11.1. The first-order valence-corrected chi connectivity index (χ1v) is 8.17. The molecule has 0 bridgehead atoms. The average molecular weight is 278 g/mol. The SMILES string of the molecule is CS(=O)(=O)N1CCC(N2C(=O)CSC2=O)CC1. The molecular formula is C9H14N2O4S2. The van der Waals surface area contributed by atoms with Crippen LogP contribution in [0.1, 0.15) is 12.8 Å². The van der Waals surface area contributed by atoms with Crippen molar-refractivity contribution in [3.8, 4) is 0 Å². The number of hydrogen-bond donors (Lipinski definition) is 0. The second kappa shape index (κ2) is 4.58. The molecule has 0 aromatic carbocycles. The third-order valence-corrected chi connectivity index (χ3v) is 5.18. The zero-order valence-electron chi connectivity index (χ0n) is 9.46. The van der Waals surface area contributed by atoms with E-state index in [4.69, 9.17) is 0 Å². The molecule has 6 nitrogen and oxygen atoms in total. The molecule has 0 radical (unpaired) electrons. The fraction of sp³-hybridized carbons (Fsp3) is 0.778. The van der Waals surface area contributed by atoms with Crippen molar-refractivity contribution in [3.63, 3.8) is 0 Å². The van der Waals surface area contributed by atoms with E-state index in [1.807, 2.05) is 0 Å². The summed E-state index contributed by atoms with van der Waals surface area (Å²) >= 11 is 1.02. The molecule has 0 unspecified atom stereocenters. The lowest BCUT2D eigenvalue weighted by Crippen LogP contribution is -2.48. The van der Waals surface area contributed by atoms with Crippen molar-refractivity contribution in [2.24, 2.45) is 0 Å².